The fourth-order valence-electron chi connectivity index (χ4n) is 3.95. The first-order chi connectivity index (χ1) is 15.9. The van der Waals surface area contributed by atoms with Crippen LogP contribution >= 0.6 is 11.6 Å². The second kappa shape index (κ2) is 8.64. The second-order valence-electron chi connectivity index (χ2n) is 7.95. The van der Waals surface area contributed by atoms with Gasteiger partial charge in [0.15, 0.2) is 5.65 Å². The number of nitrogens with zero attached hydrogens (tertiary/aromatic N) is 4. The molecule has 0 bridgehead atoms. The lowest BCUT2D eigenvalue weighted by Crippen LogP contribution is -2.29. The van der Waals surface area contributed by atoms with Crippen molar-refractivity contribution in [3.05, 3.63) is 64.7 Å². The molecule has 0 atom stereocenters. The standard InChI is InChI=1S/C23H20ClF3N6/c24-19-4-3-17(23(25,26)27)9-14(19)1-2-15-10-29-22-21(15)32-20(12-30-22)16-11-31-33(13-16)18-5-7-28-8-6-18/h1-4,9-13,18,28H,5-8H2,(H,29,30). The Hall–Kier alpha value is -3.17. The lowest BCUT2D eigenvalue weighted by Gasteiger charge is -2.22. The van der Waals surface area contributed by atoms with Crippen LogP contribution in [0, 0.1) is 0 Å². The fourth-order valence-corrected chi connectivity index (χ4v) is 4.13. The zero-order chi connectivity index (χ0) is 23.0. The number of hydrogen-bond acceptors (Lipinski definition) is 4. The molecule has 1 saturated heterocycles. The van der Waals surface area contributed by atoms with Crippen LogP contribution < -0.4 is 5.32 Å². The lowest BCUT2D eigenvalue weighted by molar-refractivity contribution is -0.137. The van der Waals surface area contributed by atoms with Crippen molar-refractivity contribution in [1.82, 2.24) is 30.0 Å². The normalized spacial score (nSPS) is 15.6. The van der Waals surface area contributed by atoms with Crippen molar-refractivity contribution < 1.29 is 13.2 Å². The van der Waals surface area contributed by atoms with E-state index in [1.54, 1.807) is 30.7 Å². The van der Waals surface area contributed by atoms with Gasteiger partial charge in [-0.1, -0.05) is 23.8 Å². The Labute approximate surface area is 192 Å². The quantitative estimate of drug-likeness (QED) is 0.406. The molecule has 0 spiro atoms. The molecule has 3 aromatic heterocycles. The summed E-state index contributed by atoms with van der Waals surface area (Å²) in [7, 11) is 0. The van der Waals surface area contributed by atoms with E-state index in [9.17, 15) is 13.2 Å². The van der Waals surface area contributed by atoms with E-state index in [4.69, 9.17) is 16.6 Å². The minimum Gasteiger partial charge on any atom is -0.344 e. The topological polar surface area (TPSA) is 71.4 Å². The smallest absolute Gasteiger partial charge is 0.344 e. The third kappa shape index (κ3) is 4.51. The van der Waals surface area contributed by atoms with Crippen LogP contribution in [-0.4, -0.2) is 37.8 Å². The van der Waals surface area contributed by atoms with Gasteiger partial charge in [0, 0.05) is 28.5 Å². The second-order valence-corrected chi connectivity index (χ2v) is 8.36. The summed E-state index contributed by atoms with van der Waals surface area (Å²) in [5.41, 5.74) is 2.94. The summed E-state index contributed by atoms with van der Waals surface area (Å²) >= 11 is 6.11. The molecule has 0 saturated carbocycles. The summed E-state index contributed by atoms with van der Waals surface area (Å²) in [4.78, 5) is 12.2. The summed E-state index contributed by atoms with van der Waals surface area (Å²) in [6.45, 7) is 1.95. The van der Waals surface area contributed by atoms with Crippen molar-refractivity contribution in [1.29, 1.82) is 0 Å². The molecule has 0 amide bonds. The maximum absolute atomic E-state index is 13.0. The lowest BCUT2D eigenvalue weighted by atomic mass is 10.1. The Morgan fingerprint density at radius 2 is 1.88 bits per heavy atom. The third-order valence-corrected chi connectivity index (χ3v) is 6.10. The first-order valence-electron chi connectivity index (χ1n) is 10.5. The average Bonchev–Trinajstić information content (AvgIpc) is 3.45. The molecule has 0 radical (unpaired) electrons. The van der Waals surface area contributed by atoms with Gasteiger partial charge in [-0.2, -0.15) is 18.3 Å². The van der Waals surface area contributed by atoms with Gasteiger partial charge in [0.25, 0.3) is 0 Å². The van der Waals surface area contributed by atoms with Gasteiger partial charge < -0.3 is 10.3 Å². The Morgan fingerprint density at radius 1 is 1.09 bits per heavy atom. The Bertz CT molecular complexity index is 1320. The van der Waals surface area contributed by atoms with Crippen molar-refractivity contribution in [2.45, 2.75) is 25.1 Å². The Balaban J connectivity index is 1.44. The molecule has 0 unspecified atom stereocenters. The number of H-pyrrole nitrogens is 1. The molecular weight excluding hydrogens is 453 g/mol. The molecule has 170 valence electrons. The molecule has 1 aromatic carbocycles. The number of benzene rings is 1. The van der Waals surface area contributed by atoms with Crippen LogP contribution in [0.5, 0.6) is 0 Å². The number of piperidine rings is 1. The number of aromatic amines is 1. The highest BCUT2D eigenvalue weighted by atomic mass is 35.5. The maximum Gasteiger partial charge on any atom is 0.416 e. The van der Waals surface area contributed by atoms with Gasteiger partial charge in [0.1, 0.15) is 5.52 Å². The van der Waals surface area contributed by atoms with E-state index < -0.39 is 11.7 Å². The largest absolute Gasteiger partial charge is 0.416 e. The van der Waals surface area contributed by atoms with Gasteiger partial charge in [-0.3, -0.25) is 4.68 Å². The predicted octanol–water partition coefficient (Wildman–Crippen LogP) is 5.59. The van der Waals surface area contributed by atoms with Gasteiger partial charge in [-0.25, -0.2) is 9.97 Å². The number of fused-ring (bicyclic) bond motifs is 1. The number of alkyl halides is 3. The van der Waals surface area contributed by atoms with Gasteiger partial charge in [0.05, 0.1) is 29.7 Å². The summed E-state index contributed by atoms with van der Waals surface area (Å²) < 4.78 is 41.1. The van der Waals surface area contributed by atoms with Crippen LogP contribution in [-0.2, 0) is 6.18 Å². The Morgan fingerprint density at radius 3 is 2.67 bits per heavy atom. The molecule has 4 heterocycles. The number of hydrogen-bond donors (Lipinski definition) is 2. The van der Waals surface area contributed by atoms with Crippen LogP contribution in [0.25, 0.3) is 34.6 Å². The molecule has 1 aliphatic rings. The van der Waals surface area contributed by atoms with E-state index in [-0.39, 0.29) is 10.6 Å². The van der Waals surface area contributed by atoms with Crippen LogP contribution in [0.1, 0.15) is 35.6 Å². The van der Waals surface area contributed by atoms with Crippen LogP contribution in [0.4, 0.5) is 13.2 Å². The molecule has 10 heteroatoms. The van der Waals surface area contributed by atoms with Crippen molar-refractivity contribution >= 4 is 34.9 Å². The Kier molecular flexibility index (Phi) is 5.67. The first-order valence-corrected chi connectivity index (χ1v) is 10.9. The van der Waals surface area contributed by atoms with Crippen LogP contribution in [0.3, 0.4) is 0 Å². The van der Waals surface area contributed by atoms with Crippen LogP contribution in [0.15, 0.2) is 43.0 Å². The SMILES string of the molecule is FC(F)(F)c1ccc(Cl)c(C=Cc2c[nH]c3ncc(-c4cnn(C5CCNCC5)c4)nc23)c1. The zero-order valence-electron chi connectivity index (χ0n) is 17.4. The number of nitrogens with one attached hydrogen (secondary N) is 2. The first kappa shape index (κ1) is 21.7. The van der Waals surface area contributed by atoms with Crippen molar-refractivity contribution in [3.8, 4) is 11.3 Å². The summed E-state index contributed by atoms with van der Waals surface area (Å²) in [6, 6.07) is 3.60. The summed E-state index contributed by atoms with van der Waals surface area (Å²) in [5.74, 6) is 0. The van der Waals surface area contributed by atoms with Gasteiger partial charge in [0.2, 0.25) is 0 Å². The van der Waals surface area contributed by atoms with E-state index in [2.05, 4.69) is 20.4 Å². The van der Waals surface area contributed by atoms with E-state index in [1.807, 2.05) is 10.9 Å². The number of rotatable bonds is 4. The van der Waals surface area contributed by atoms with E-state index in [0.717, 1.165) is 43.6 Å². The third-order valence-electron chi connectivity index (χ3n) is 5.76. The van der Waals surface area contributed by atoms with E-state index in [1.165, 1.54) is 6.07 Å². The van der Waals surface area contributed by atoms with Gasteiger partial charge in [-0.15, -0.1) is 0 Å². The highest BCUT2D eigenvalue weighted by Crippen LogP contribution is 2.32. The zero-order valence-corrected chi connectivity index (χ0v) is 18.2. The molecule has 33 heavy (non-hydrogen) atoms. The molecule has 6 nitrogen and oxygen atoms in total. The highest BCUT2D eigenvalue weighted by molar-refractivity contribution is 6.32. The molecule has 5 rings (SSSR count). The maximum atomic E-state index is 13.0. The fraction of sp³-hybridized carbons (Fsp3) is 0.261. The van der Waals surface area contributed by atoms with Gasteiger partial charge in [-0.05, 0) is 49.7 Å². The minimum absolute atomic E-state index is 0.233. The summed E-state index contributed by atoms with van der Waals surface area (Å²) in [5, 5.41) is 8.09. The van der Waals surface area contributed by atoms with Crippen molar-refractivity contribution in [3.63, 3.8) is 0 Å². The molecular formula is C23H20ClF3N6. The molecule has 1 fully saturated rings. The van der Waals surface area contributed by atoms with Crippen molar-refractivity contribution in [2.24, 2.45) is 0 Å². The molecule has 4 aromatic rings. The van der Waals surface area contributed by atoms with Crippen molar-refractivity contribution in [2.75, 3.05) is 13.1 Å². The molecule has 0 aliphatic carbocycles. The number of aromatic nitrogens is 5. The average molecular weight is 473 g/mol. The monoisotopic (exact) mass is 472 g/mol. The van der Waals surface area contributed by atoms with Crippen LogP contribution in [0.2, 0.25) is 5.02 Å². The minimum atomic E-state index is -4.44. The van der Waals surface area contributed by atoms with E-state index >= 15 is 0 Å². The van der Waals surface area contributed by atoms with E-state index in [0.29, 0.717) is 28.5 Å². The van der Waals surface area contributed by atoms with Gasteiger partial charge >= 0.3 is 6.18 Å². The molecule has 2 N–H and O–H groups in total. The predicted molar refractivity (Wildman–Crippen MR) is 122 cm³/mol. The molecule has 1 aliphatic heterocycles. The summed E-state index contributed by atoms with van der Waals surface area (Å²) in [6.07, 6.45) is 7.99. The number of halogens is 4. The highest BCUT2D eigenvalue weighted by Gasteiger charge is 2.30.